The highest BCUT2D eigenvalue weighted by atomic mass is 16.5. The van der Waals surface area contributed by atoms with E-state index < -0.39 is 0 Å². The van der Waals surface area contributed by atoms with E-state index in [9.17, 15) is 9.59 Å². The molecule has 0 radical (unpaired) electrons. The van der Waals surface area contributed by atoms with E-state index in [1.54, 1.807) is 11.8 Å². The summed E-state index contributed by atoms with van der Waals surface area (Å²) >= 11 is 0. The molecule has 0 aromatic heterocycles. The van der Waals surface area contributed by atoms with Crippen LogP contribution in [0.4, 0.5) is 0 Å². The number of carbonyl (C=O) groups is 2. The van der Waals surface area contributed by atoms with Gasteiger partial charge in [-0.3, -0.25) is 9.59 Å². The van der Waals surface area contributed by atoms with E-state index in [0.717, 1.165) is 6.42 Å². The van der Waals surface area contributed by atoms with Crippen LogP contribution in [0.1, 0.15) is 47.0 Å². The Hall–Kier alpha value is -1.06. The summed E-state index contributed by atoms with van der Waals surface area (Å²) in [7, 11) is 0. The van der Waals surface area contributed by atoms with Crippen LogP contribution in [-0.2, 0) is 14.3 Å². The van der Waals surface area contributed by atoms with E-state index in [0.29, 0.717) is 19.6 Å². The molecule has 4 nitrogen and oxygen atoms in total. The molecule has 0 rings (SSSR count). The second-order valence-electron chi connectivity index (χ2n) is 3.75. The molecule has 0 aromatic carbocycles. The van der Waals surface area contributed by atoms with Crippen molar-refractivity contribution in [2.45, 2.75) is 53.0 Å². The largest absolute Gasteiger partial charge is 0.466 e. The minimum atomic E-state index is -0.236. The zero-order valence-corrected chi connectivity index (χ0v) is 10.8. The van der Waals surface area contributed by atoms with Gasteiger partial charge in [0.15, 0.2) is 0 Å². The van der Waals surface area contributed by atoms with Gasteiger partial charge in [-0.2, -0.15) is 0 Å². The van der Waals surface area contributed by atoms with Gasteiger partial charge in [-0.05, 0) is 20.3 Å². The molecule has 1 amide bonds. The second kappa shape index (κ2) is 8.13. The number of ether oxygens (including phenoxy) is 1. The molecule has 0 spiro atoms. The number of carbonyl (C=O) groups excluding carboxylic acids is 2. The van der Waals surface area contributed by atoms with Crippen molar-refractivity contribution >= 4 is 11.9 Å². The highest BCUT2D eigenvalue weighted by molar-refractivity contribution is 5.77. The van der Waals surface area contributed by atoms with Crippen LogP contribution in [0.2, 0.25) is 0 Å². The van der Waals surface area contributed by atoms with Crippen molar-refractivity contribution < 1.29 is 14.3 Å². The average molecular weight is 229 g/mol. The van der Waals surface area contributed by atoms with Crippen molar-refractivity contribution in [2.75, 3.05) is 13.2 Å². The molecule has 16 heavy (non-hydrogen) atoms. The molecule has 0 aromatic rings. The molecule has 0 N–H and O–H groups in total. The maximum atomic E-state index is 11.7. The molecule has 1 unspecified atom stereocenters. The van der Waals surface area contributed by atoms with Crippen LogP contribution < -0.4 is 0 Å². The second-order valence-corrected chi connectivity index (χ2v) is 3.75. The summed E-state index contributed by atoms with van der Waals surface area (Å²) in [5.41, 5.74) is 0. The summed E-state index contributed by atoms with van der Waals surface area (Å²) < 4.78 is 4.84. The predicted molar refractivity (Wildman–Crippen MR) is 63.0 cm³/mol. The first-order valence-electron chi connectivity index (χ1n) is 6.01. The SMILES string of the molecule is CCOC(=O)CCN(C(=O)CC)C(C)CC. The summed E-state index contributed by atoms with van der Waals surface area (Å²) in [4.78, 5) is 24.6. The van der Waals surface area contributed by atoms with Gasteiger partial charge < -0.3 is 9.64 Å². The summed E-state index contributed by atoms with van der Waals surface area (Å²) in [5.74, 6) is -0.140. The van der Waals surface area contributed by atoms with Crippen LogP contribution in [0.15, 0.2) is 0 Å². The van der Waals surface area contributed by atoms with Crippen LogP contribution in [0.3, 0.4) is 0 Å². The van der Waals surface area contributed by atoms with Gasteiger partial charge in [0.2, 0.25) is 5.91 Å². The first kappa shape index (κ1) is 14.9. The monoisotopic (exact) mass is 229 g/mol. The van der Waals surface area contributed by atoms with E-state index in [2.05, 4.69) is 0 Å². The molecular formula is C12H23NO3. The van der Waals surface area contributed by atoms with Gasteiger partial charge in [-0.15, -0.1) is 0 Å². The van der Waals surface area contributed by atoms with Crippen molar-refractivity contribution in [1.82, 2.24) is 4.90 Å². The summed E-state index contributed by atoms with van der Waals surface area (Å²) in [6, 6.07) is 0.182. The third-order valence-corrected chi connectivity index (χ3v) is 2.61. The normalized spacial score (nSPS) is 12.0. The van der Waals surface area contributed by atoms with Crippen molar-refractivity contribution in [3.05, 3.63) is 0 Å². The molecule has 0 aliphatic carbocycles. The van der Waals surface area contributed by atoms with Crippen LogP contribution in [0.25, 0.3) is 0 Å². The highest BCUT2D eigenvalue weighted by Gasteiger charge is 2.18. The molecule has 4 heteroatoms. The van der Waals surface area contributed by atoms with Crippen molar-refractivity contribution in [2.24, 2.45) is 0 Å². The van der Waals surface area contributed by atoms with E-state index in [1.807, 2.05) is 20.8 Å². The van der Waals surface area contributed by atoms with E-state index in [4.69, 9.17) is 4.74 Å². The van der Waals surface area contributed by atoms with Gasteiger partial charge in [-0.1, -0.05) is 13.8 Å². The lowest BCUT2D eigenvalue weighted by atomic mass is 10.2. The summed E-state index contributed by atoms with van der Waals surface area (Å²) in [6.45, 7) is 8.50. The lowest BCUT2D eigenvalue weighted by Gasteiger charge is -2.28. The number of esters is 1. The molecule has 0 saturated heterocycles. The van der Waals surface area contributed by atoms with Gasteiger partial charge >= 0.3 is 5.97 Å². The van der Waals surface area contributed by atoms with E-state index in [1.165, 1.54) is 0 Å². The molecule has 0 heterocycles. The zero-order chi connectivity index (χ0) is 12.6. The third-order valence-electron chi connectivity index (χ3n) is 2.61. The van der Waals surface area contributed by atoms with Gasteiger partial charge in [0.1, 0.15) is 0 Å². The first-order chi connectivity index (χ1) is 7.56. The molecule has 0 saturated carbocycles. The molecular weight excluding hydrogens is 206 g/mol. The van der Waals surface area contributed by atoms with Gasteiger partial charge in [0.05, 0.1) is 13.0 Å². The lowest BCUT2D eigenvalue weighted by Crippen LogP contribution is -2.39. The molecule has 0 aliphatic heterocycles. The van der Waals surface area contributed by atoms with Crippen molar-refractivity contribution in [3.8, 4) is 0 Å². The minimum Gasteiger partial charge on any atom is -0.466 e. The average Bonchev–Trinajstić information content (AvgIpc) is 2.28. The topological polar surface area (TPSA) is 46.6 Å². The Labute approximate surface area is 98.0 Å². The maximum Gasteiger partial charge on any atom is 0.307 e. The molecule has 0 fully saturated rings. The zero-order valence-electron chi connectivity index (χ0n) is 10.8. The van der Waals surface area contributed by atoms with Crippen LogP contribution in [-0.4, -0.2) is 36.0 Å². The van der Waals surface area contributed by atoms with Crippen molar-refractivity contribution in [3.63, 3.8) is 0 Å². The predicted octanol–water partition coefficient (Wildman–Crippen LogP) is 1.98. The Morgan fingerprint density at radius 1 is 1.25 bits per heavy atom. The Kier molecular flexibility index (Phi) is 7.60. The highest BCUT2D eigenvalue weighted by Crippen LogP contribution is 2.07. The molecule has 0 bridgehead atoms. The minimum absolute atomic E-state index is 0.0960. The molecule has 1 atom stereocenters. The van der Waals surface area contributed by atoms with E-state index in [-0.39, 0.29) is 24.3 Å². The van der Waals surface area contributed by atoms with Crippen LogP contribution in [0.5, 0.6) is 0 Å². The number of rotatable bonds is 7. The Morgan fingerprint density at radius 3 is 2.31 bits per heavy atom. The number of hydrogen-bond acceptors (Lipinski definition) is 3. The molecule has 0 aliphatic rings. The third kappa shape index (κ3) is 5.14. The fourth-order valence-corrected chi connectivity index (χ4v) is 1.46. The van der Waals surface area contributed by atoms with E-state index >= 15 is 0 Å². The van der Waals surface area contributed by atoms with Gasteiger partial charge in [-0.25, -0.2) is 0 Å². The Bertz CT molecular complexity index is 228. The number of nitrogens with zero attached hydrogens (tertiary/aromatic N) is 1. The van der Waals surface area contributed by atoms with Gasteiger partial charge in [0.25, 0.3) is 0 Å². The summed E-state index contributed by atoms with van der Waals surface area (Å²) in [6.07, 6.45) is 1.66. The van der Waals surface area contributed by atoms with Crippen LogP contribution >= 0.6 is 0 Å². The summed E-state index contributed by atoms with van der Waals surface area (Å²) in [5, 5.41) is 0. The molecule has 94 valence electrons. The first-order valence-corrected chi connectivity index (χ1v) is 6.01. The Balaban J connectivity index is 4.22. The number of amides is 1. The standard InChI is InChI=1S/C12H23NO3/c1-5-10(4)13(11(14)6-2)9-8-12(15)16-7-3/h10H,5-9H2,1-4H3. The van der Waals surface area contributed by atoms with Gasteiger partial charge in [0, 0.05) is 19.0 Å². The van der Waals surface area contributed by atoms with Crippen LogP contribution in [0, 0.1) is 0 Å². The Morgan fingerprint density at radius 2 is 1.88 bits per heavy atom. The number of hydrogen-bond donors (Lipinski definition) is 0. The smallest absolute Gasteiger partial charge is 0.307 e. The quantitative estimate of drug-likeness (QED) is 0.627. The fraction of sp³-hybridized carbons (Fsp3) is 0.833. The lowest BCUT2D eigenvalue weighted by molar-refractivity contribution is -0.144. The fourth-order valence-electron chi connectivity index (χ4n) is 1.46. The maximum absolute atomic E-state index is 11.7. The van der Waals surface area contributed by atoms with Crippen molar-refractivity contribution in [1.29, 1.82) is 0 Å².